The van der Waals surface area contributed by atoms with E-state index in [1.807, 2.05) is 11.4 Å². The summed E-state index contributed by atoms with van der Waals surface area (Å²) < 4.78 is 37.0. The summed E-state index contributed by atoms with van der Waals surface area (Å²) in [4.78, 5) is 3.40. The number of nitrogens with zero attached hydrogens (tertiary/aromatic N) is 1. The van der Waals surface area contributed by atoms with Crippen molar-refractivity contribution in [1.82, 2.24) is 10.2 Å². The van der Waals surface area contributed by atoms with E-state index < -0.39 is 12.7 Å². The van der Waals surface area contributed by atoms with Gasteiger partial charge in [-0.25, -0.2) is 0 Å². The monoisotopic (exact) mass is 307 g/mol. The van der Waals surface area contributed by atoms with Crippen LogP contribution in [-0.2, 0) is 0 Å². The van der Waals surface area contributed by atoms with Gasteiger partial charge in [0, 0.05) is 43.0 Å². The van der Waals surface area contributed by atoms with Gasteiger partial charge in [-0.3, -0.25) is 4.90 Å². The number of likely N-dealkylation sites (tertiary alicyclic amines) is 1. The van der Waals surface area contributed by atoms with Crippen molar-refractivity contribution in [2.75, 3.05) is 32.7 Å². The van der Waals surface area contributed by atoms with Gasteiger partial charge in [0.1, 0.15) is 0 Å². The number of hydrogen-bond acceptors (Lipinski definition) is 4. The Morgan fingerprint density at radius 2 is 2.20 bits per heavy atom. The van der Waals surface area contributed by atoms with Crippen molar-refractivity contribution in [3.63, 3.8) is 0 Å². The maximum atomic E-state index is 12.3. The summed E-state index contributed by atoms with van der Waals surface area (Å²) >= 11 is 1.67. The number of nitrogens with two attached hydrogens (primary N) is 1. The SMILES string of the molecule is NCCN1CC(NCC(F)(F)F)CC(c2cccs2)C1. The third-order valence-electron chi connectivity index (χ3n) is 3.51. The fourth-order valence-electron chi connectivity index (χ4n) is 2.69. The minimum Gasteiger partial charge on any atom is -0.329 e. The average molecular weight is 307 g/mol. The predicted octanol–water partition coefficient (Wildman–Crippen LogP) is 2.02. The van der Waals surface area contributed by atoms with E-state index in [-0.39, 0.29) is 6.04 Å². The van der Waals surface area contributed by atoms with Crippen molar-refractivity contribution in [3.8, 4) is 0 Å². The molecule has 0 saturated carbocycles. The van der Waals surface area contributed by atoms with Crippen LogP contribution in [0.15, 0.2) is 17.5 Å². The molecular formula is C13H20F3N3S. The quantitative estimate of drug-likeness (QED) is 0.874. The molecule has 1 aliphatic heterocycles. The van der Waals surface area contributed by atoms with E-state index in [0.717, 1.165) is 19.5 Å². The molecule has 114 valence electrons. The summed E-state index contributed by atoms with van der Waals surface area (Å²) in [6.45, 7) is 1.84. The van der Waals surface area contributed by atoms with Crippen LogP contribution in [0.1, 0.15) is 17.2 Å². The van der Waals surface area contributed by atoms with E-state index >= 15 is 0 Å². The Bertz CT molecular complexity index is 394. The molecule has 2 heterocycles. The van der Waals surface area contributed by atoms with Crippen molar-refractivity contribution in [2.24, 2.45) is 5.73 Å². The van der Waals surface area contributed by atoms with E-state index in [4.69, 9.17) is 5.73 Å². The van der Waals surface area contributed by atoms with Crippen LogP contribution in [0.5, 0.6) is 0 Å². The van der Waals surface area contributed by atoms with Crippen molar-refractivity contribution in [1.29, 1.82) is 0 Å². The van der Waals surface area contributed by atoms with Gasteiger partial charge in [-0.1, -0.05) is 6.07 Å². The Balaban J connectivity index is 1.97. The van der Waals surface area contributed by atoms with Gasteiger partial charge in [0.15, 0.2) is 0 Å². The highest BCUT2D eigenvalue weighted by Gasteiger charge is 2.32. The van der Waals surface area contributed by atoms with E-state index in [1.54, 1.807) is 11.3 Å². The van der Waals surface area contributed by atoms with Gasteiger partial charge in [0.25, 0.3) is 0 Å². The second-order valence-electron chi connectivity index (χ2n) is 5.19. The normalized spacial score (nSPS) is 25.0. The van der Waals surface area contributed by atoms with E-state index in [0.29, 0.717) is 19.0 Å². The summed E-state index contributed by atoms with van der Waals surface area (Å²) in [7, 11) is 0. The number of thiophene rings is 1. The van der Waals surface area contributed by atoms with Gasteiger partial charge in [0.05, 0.1) is 6.54 Å². The highest BCUT2D eigenvalue weighted by Crippen LogP contribution is 2.30. The van der Waals surface area contributed by atoms with Crippen LogP contribution < -0.4 is 11.1 Å². The zero-order chi connectivity index (χ0) is 14.6. The largest absolute Gasteiger partial charge is 0.401 e. The van der Waals surface area contributed by atoms with Crippen LogP contribution in [0.25, 0.3) is 0 Å². The predicted molar refractivity (Wildman–Crippen MR) is 75.0 cm³/mol. The Hall–Kier alpha value is -0.630. The van der Waals surface area contributed by atoms with Crippen molar-refractivity contribution in [2.45, 2.75) is 24.6 Å². The third kappa shape index (κ3) is 4.73. The summed E-state index contributed by atoms with van der Waals surface area (Å²) in [5.41, 5.74) is 5.57. The van der Waals surface area contributed by atoms with Gasteiger partial charge in [-0.15, -0.1) is 11.3 Å². The lowest BCUT2D eigenvalue weighted by Crippen LogP contribution is -2.51. The smallest absolute Gasteiger partial charge is 0.329 e. The number of rotatable bonds is 5. The molecule has 2 atom stereocenters. The molecule has 0 aromatic carbocycles. The second-order valence-corrected chi connectivity index (χ2v) is 6.17. The number of piperidine rings is 1. The third-order valence-corrected chi connectivity index (χ3v) is 4.54. The molecule has 3 N–H and O–H groups in total. The van der Waals surface area contributed by atoms with Gasteiger partial charge < -0.3 is 11.1 Å². The fraction of sp³-hybridized carbons (Fsp3) is 0.692. The minimum atomic E-state index is -4.16. The van der Waals surface area contributed by atoms with Crippen LogP contribution in [0.4, 0.5) is 13.2 Å². The molecule has 2 unspecified atom stereocenters. The van der Waals surface area contributed by atoms with Crippen LogP contribution in [0, 0.1) is 0 Å². The van der Waals surface area contributed by atoms with Crippen LogP contribution in [0.2, 0.25) is 0 Å². The highest BCUT2D eigenvalue weighted by molar-refractivity contribution is 7.10. The molecule has 7 heteroatoms. The molecular weight excluding hydrogens is 287 g/mol. The first kappa shape index (κ1) is 15.8. The molecule has 0 aliphatic carbocycles. The molecule has 1 aliphatic rings. The van der Waals surface area contributed by atoms with Gasteiger partial charge in [-0.05, 0) is 17.9 Å². The summed E-state index contributed by atoms with van der Waals surface area (Å²) in [5.74, 6) is 0.293. The first-order valence-corrected chi connectivity index (χ1v) is 7.62. The van der Waals surface area contributed by atoms with Crippen LogP contribution in [0.3, 0.4) is 0 Å². The fourth-order valence-corrected chi connectivity index (χ4v) is 3.53. The van der Waals surface area contributed by atoms with Gasteiger partial charge in [-0.2, -0.15) is 13.2 Å². The maximum Gasteiger partial charge on any atom is 0.401 e. The number of halogens is 3. The Morgan fingerprint density at radius 1 is 1.40 bits per heavy atom. The molecule has 0 spiro atoms. The van der Waals surface area contributed by atoms with E-state index in [1.165, 1.54) is 4.88 Å². The second kappa shape index (κ2) is 6.89. The van der Waals surface area contributed by atoms with Gasteiger partial charge >= 0.3 is 6.18 Å². The van der Waals surface area contributed by atoms with E-state index in [9.17, 15) is 13.2 Å². The molecule has 1 aromatic rings. The van der Waals surface area contributed by atoms with E-state index in [2.05, 4.69) is 16.3 Å². The molecule has 20 heavy (non-hydrogen) atoms. The van der Waals surface area contributed by atoms with Crippen LogP contribution >= 0.6 is 11.3 Å². The lowest BCUT2D eigenvalue weighted by atomic mass is 9.92. The summed E-state index contributed by atoms with van der Waals surface area (Å²) in [5, 5.41) is 4.65. The average Bonchev–Trinajstić information content (AvgIpc) is 2.89. The molecule has 3 nitrogen and oxygen atoms in total. The first-order chi connectivity index (χ1) is 9.48. The number of nitrogens with one attached hydrogen (secondary N) is 1. The molecule has 0 radical (unpaired) electrons. The Kier molecular flexibility index (Phi) is 5.42. The number of hydrogen-bond donors (Lipinski definition) is 2. The number of alkyl halides is 3. The standard InChI is InChI=1S/C13H20F3N3S/c14-13(15,16)9-18-11-6-10(12-2-1-5-20-12)7-19(8-11)4-3-17/h1-2,5,10-11,18H,3-4,6-9,17H2. The minimum absolute atomic E-state index is 0.135. The zero-order valence-corrected chi connectivity index (χ0v) is 12.0. The van der Waals surface area contributed by atoms with Gasteiger partial charge in [0.2, 0.25) is 0 Å². The molecule has 1 aromatic heterocycles. The molecule has 1 saturated heterocycles. The maximum absolute atomic E-state index is 12.3. The lowest BCUT2D eigenvalue weighted by Gasteiger charge is -2.38. The Morgan fingerprint density at radius 3 is 2.80 bits per heavy atom. The zero-order valence-electron chi connectivity index (χ0n) is 11.2. The first-order valence-electron chi connectivity index (χ1n) is 6.74. The summed E-state index contributed by atoms with van der Waals surface area (Å²) in [6.07, 6.45) is -3.41. The highest BCUT2D eigenvalue weighted by atomic mass is 32.1. The molecule has 0 amide bonds. The molecule has 0 bridgehead atoms. The van der Waals surface area contributed by atoms with Crippen molar-refractivity contribution in [3.05, 3.63) is 22.4 Å². The molecule has 2 rings (SSSR count). The lowest BCUT2D eigenvalue weighted by molar-refractivity contribution is -0.127. The Labute approximate surface area is 120 Å². The molecule has 1 fully saturated rings. The van der Waals surface area contributed by atoms with Crippen molar-refractivity contribution < 1.29 is 13.2 Å². The summed E-state index contributed by atoms with van der Waals surface area (Å²) in [6, 6.07) is 3.91. The van der Waals surface area contributed by atoms with Crippen LogP contribution in [-0.4, -0.2) is 49.8 Å². The van der Waals surface area contributed by atoms with Crippen molar-refractivity contribution >= 4 is 11.3 Å². The topological polar surface area (TPSA) is 41.3 Å².